The smallest absolute Gasteiger partial charge is 0.253 e. The number of carbonyl (C=O) groups is 1. The molecule has 1 amide bonds. The molecule has 1 saturated heterocycles. The SMILES string of the molecule is O=C(CSC(=S)N1CCCCC1)N1N=C(c2cccs2)C[C@H]1c1ccc(Cl)cc1. The maximum absolute atomic E-state index is 13.1. The number of amides is 1. The van der Waals surface area contributed by atoms with Gasteiger partial charge < -0.3 is 4.90 Å². The van der Waals surface area contributed by atoms with E-state index in [-0.39, 0.29) is 11.9 Å². The Morgan fingerprint density at radius 3 is 2.66 bits per heavy atom. The fourth-order valence-electron chi connectivity index (χ4n) is 3.63. The molecule has 2 aliphatic heterocycles. The summed E-state index contributed by atoms with van der Waals surface area (Å²) in [4.78, 5) is 16.4. The number of hydrogen-bond acceptors (Lipinski definition) is 5. The lowest BCUT2D eigenvalue weighted by Gasteiger charge is -2.29. The Balaban J connectivity index is 1.48. The molecule has 0 unspecified atom stereocenters. The monoisotopic (exact) mass is 463 g/mol. The lowest BCUT2D eigenvalue weighted by Crippen LogP contribution is -2.34. The zero-order chi connectivity index (χ0) is 20.2. The maximum Gasteiger partial charge on any atom is 0.253 e. The van der Waals surface area contributed by atoms with Gasteiger partial charge in [0, 0.05) is 24.5 Å². The molecular formula is C21H22ClN3OS3. The number of carbonyl (C=O) groups excluding carboxylic acids is 1. The molecule has 1 atom stereocenters. The lowest BCUT2D eigenvalue weighted by atomic mass is 10.0. The first-order valence-electron chi connectivity index (χ1n) is 9.72. The largest absolute Gasteiger partial charge is 0.358 e. The molecule has 3 heterocycles. The second-order valence-corrected chi connectivity index (χ2v) is 10.1. The van der Waals surface area contributed by atoms with Crippen molar-refractivity contribution in [2.45, 2.75) is 31.7 Å². The number of benzene rings is 1. The molecule has 29 heavy (non-hydrogen) atoms. The fraction of sp³-hybridized carbons (Fsp3) is 0.381. The number of hydrazone groups is 1. The van der Waals surface area contributed by atoms with Crippen LogP contribution in [0.25, 0.3) is 0 Å². The van der Waals surface area contributed by atoms with E-state index in [0.29, 0.717) is 17.2 Å². The molecule has 0 N–H and O–H groups in total. The van der Waals surface area contributed by atoms with E-state index < -0.39 is 0 Å². The Kier molecular flexibility index (Phi) is 6.90. The highest BCUT2D eigenvalue weighted by molar-refractivity contribution is 8.23. The summed E-state index contributed by atoms with van der Waals surface area (Å²) < 4.78 is 0.822. The molecule has 4 rings (SSSR count). The van der Waals surface area contributed by atoms with Crippen LogP contribution < -0.4 is 0 Å². The van der Waals surface area contributed by atoms with E-state index >= 15 is 0 Å². The van der Waals surface area contributed by atoms with Crippen LogP contribution in [0.15, 0.2) is 46.9 Å². The molecule has 1 aromatic carbocycles. The van der Waals surface area contributed by atoms with Crippen LogP contribution in [0.5, 0.6) is 0 Å². The van der Waals surface area contributed by atoms with Crippen LogP contribution in [0.3, 0.4) is 0 Å². The zero-order valence-corrected chi connectivity index (χ0v) is 19.1. The van der Waals surface area contributed by atoms with Crippen molar-refractivity contribution >= 4 is 62.9 Å². The Morgan fingerprint density at radius 1 is 1.21 bits per heavy atom. The molecule has 0 spiro atoms. The quantitative estimate of drug-likeness (QED) is 0.554. The Morgan fingerprint density at radius 2 is 1.97 bits per heavy atom. The number of thioether (sulfide) groups is 1. The van der Waals surface area contributed by atoms with Gasteiger partial charge in [-0.25, -0.2) is 5.01 Å². The minimum atomic E-state index is -0.110. The van der Waals surface area contributed by atoms with Gasteiger partial charge in [-0.15, -0.1) is 11.3 Å². The van der Waals surface area contributed by atoms with Crippen molar-refractivity contribution in [2.24, 2.45) is 5.10 Å². The van der Waals surface area contributed by atoms with E-state index in [4.69, 9.17) is 28.9 Å². The van der Waals surface area contributed by atoms with E-state index in [1.807, 2.05) is 35.7 Å². The van der Waals surface area contributed by atoms with Gasteiger partial charge in [0.15, 0.2) is 0 Å². The van der Waals surface area contributed by atoms with Gasteiger partial charge in [0.1, 0.15) is 4.32 Å². The van der Waals surface area contributed by atoms with E-state index in [2.05, 4.69) is 11.0 Å². The van der Waals surface area contributed by atoms with Gasteiger partial charge in [0.05, 0.1) is 22.4 Å². The highest BCUT2D eigenvalue weighted by Crippen LogP contribution is 2.34. The number of rotatable bonds is 4. The van der Waals surface area contributed by atoms with Gasteiger partial charge in [-0.1, -0.05) is 53.8 Å². The fourth-order valence-corrected chi connectivity index (χ4v) is 5.58. The molecule has 0 aliphatic carbocycles. The molecular weight excluding hydrogens is 442 g/mol. The number of likely N-dealkylation sites (tertiary alicyclic amines) is 1. The number of piperidine rings is 1. The predicted molar refractivity (Wildman–Crippen MR) is 127 cm³/mol. The normalized spacial score (nSPS) is 19.3. The summed E-state index contributed by atoms with van der Waals surface area (Å²) in [7, 11) is 0. The molecule has 2 aliphatic rings. The van der Waals surface area contributed by atoms with E-state index in [1.54, 1.807) is 16.3 Å². The minimum absolute atomic E-state index is 0.0131. The summed E-state index contributed by atoms with van der Waals surface area (Å²) in [6.45, 7) is 2.00. The Labute approximate surface area is 189 Å². The molecule has 1 fully saturated rings. The number of thiophene rings is 1. The molecule has 8 heteroatoms. The summed E-state index contributed by atoms with van der Waals surface area (Å²) >= 11 is 14.7. The van der Waals surface area contributed by atoms with Crippen LogP contribution in [0, 0.1) is 0 Å². The van der Waals surface area contributed by atoms with Gasteiger partial charge in [-0.2, -0.15) is 5.10 Å². The van der Waals surface area contributed by atoms with Gasteiger partial charge >= 0.3 is 0 Å². The van der Waals surface area contributed by atoms with Crippen molar-refractivity contribution in [3.63, 3.8) is 0 Å². The minimum Gasteiger partial charge on any atom is -0.358 e. The van der Waals surface area contributed by atoms with Crippen molar-refractivity contribution in [3.05, 3.63) is 57.2 Å². The highest BCUT2D eigenvalue weighted by Gasteiger charge is 2.33. The summed E-state index contributed by atoms with van der Waals surface area (Å²) in [5.41, 5.74) is 2.00. The third-order valence-corrected chi connectivity index (χ3v) is 7.84. The van der Waals surface area contributed by atoms with Crippen molar-refractivity contribution in [1.29, 1.82) is 0 Å². The summed E-state index contributed by atoms with van der Waals surface area (Å²) in [5.74, 6) is 0.293. The van der Waals surface area contributed by atoms with Crippen molar-refractivity contribution in [1.82, 2.24) is 9.91 Å². The van der Waals surface area contributed by atoms with E-state index in [9.17, 15) is 4.79 Å². The van der Waals surface area contributed by atoms with Crippen LogP contribution in [0.4, 0.5) is 0 Å². The van der Waals surface area contributed by atoms with Crippen LogP contribution >= 0.6 is 46.9 Å². The lowest BCUT2D eigenvalue weighted by molar-refractivity contribution is -0.130. The van der Waals surface area contributed by atoms with Crippen molar-refractivity contribution < 1.29 is 4.79 Å². The number of halogens is 1. The topological polar surface area (TPSA) is 35.9 Å². The first kappa shape index (κ1) is 20.8. The summed E-state index contributed by atoms with van der Waals surface area (Å²) in [6, 6.07) is 11.6. The van der Waals surface area contributed by atoms with E-state index in [0.717, 1.165) is 33.6 Å². The predicted octanol–water partition coefficient (Wildman–Crippen LogP) is 5.58. The first-order valence-corrected chi connectivity index (χ1v) is 12.4. The molecule has 0 saturated carbocycles. The van der Waals surface area contributed by atoms with Gasteiger partial charge in [0.25, 0.3) is 5.91 Å². The van der Waals surface area contributed by atoms with Gasteiger partial charge in [-0.05, 0) is 48.4 Å². The average molecular weight is 464 g/mol. The molecule has 0 radical (unpaired) electrons. The molecule has 152 valence electrons. The van der Waals surface area contributed by atoms with Gasteiger partial charge in [-0.3, -0.25) is 4.79 Å². The number of hydrogen-bond donors (Lipinski definition) is 0. The molecule has 4 nitrogen and oxygen atoms in total. The van der Waals surface area contributed by atoms with Crippen LogP contribution in [0.1, 0.15) is 42.2 Å². The van der Waals surface area contributed by atoms with E-state index in [1.165, 1.54) is 31.0 Å². The van der Waals surface area contributed by atoms with Crippen LogP contribution in [-0.4, -0.2) is 44.7 Å². The number of nitrogens with zero attached hydrogens (tertiary/aromatic N) is 3. The first-order chi connectivity index (χ1) is 14.1. The summed E-state index contributed by atoms with van der Waals surface area (Å²) in [5, 5.41) is 9.07. The highest BCUT2D eigenvalue weighted by atomic mass is 35.5. The molecule has 2 aromatic rings. The molecule has 1 aromatic heterocycles. The Bertz CT molecular complexity index is 892. The van der Waals surface area contributed by atoms with Crippen molar-refractivity contribution in [2.75, 3.05) is 18.8 Å². The van der Waals surface area contributed by atoms with Gasteiger partial charge in [0.2, 0.25) is 0 Å². The van der Waals surface area contributed by atoms with Crippen LogP contribution in [-0.2, 0) is 4.79 Å². The summed E-state index contributed by atoms with van der Waals surface area (Å²) in [6.07, 6.45) is 4.32. The maximum atomic E-state index is 13.1. The second-order valence-electron chi connectivity index (χ2n) is 7.14. The average Bonchev–Trinajstić information content (AvgIpc) is 3.43. The standard InChI is InChI=1S/C21H22ClN3OS3/c22-16-8-6-15(7-9-16)18-13-17(19-5-4-12-28-19)23-25(18)20(26)14-29-21(27)24-10-2-1-3-11-24/h4-9,12,18H,1-3,10-11,13-14H2/t18-/m0/s1. The third kappa shape index (κ3) is 5.02. The second kappa shape index (κ2) is 9.60. The number of thiocarbonyl (C=S) groups is 1. The zero-order valence-electron chi connectivity index (χ0n) is 15.9. The van der Waals surface area contributed by atoms with Crippen molar-refractivity contribution in [3.8, 4) is 0 Å². The molecule has 0 bridgehead atoms. The Hall–Kier alpha value is -1.41. The third-order valence-electron chi connectivity index (χ3n) is 5.16. The van der Waals surface area contributed by atoms with Crippen LogP contribution in [0.2, 0.25) is 5.02 Å².